The minimum Gasteiger partial charge on any atom is -0.290 e. The largest absolute Gasteiger partial charge is 0.290 e. The van der Waals surface area contributed by atoms with E-state index in [1.807, 2.05) is 28.3 Å². The third-order valence-corrected chi connectivity index (χ3v) is 7.86. The van der Waals surface area contributed by atoms with Crippen molar-refractivity contribution in [2.24, 2.45) is 7.05 Å². The van der Waals surface area contributed by atoms with Crippen LogP contribution in [0.2, 0.25) is 0 Å². The van der Waals surface area contributed by atoms with E-state index in [0.29, 0.717) is 27.0 Å². The van der Waals surface area contributed by atoms with E-state index in [0.717, 1.165) is 15.3 Å². The fourth-order valence-electron chi connectivity index (χ4n) is 2.90. The molecule has 0 aliphatic rings. The van der Waals surface area contributed by atoms with Gasteiger partial charge in [-0.25, -0.2) is 9.97 Å². The molecule has 0 radical (unpaired) electrons. The third-order valence-electron chi connectivity index (χ3n) is 4.27. The van der Waals surface area contributed by atoms with Crippen LogP contribution in [0.5, 0.6) is 0 Å². The van der Waals surface area contributed by atoms with Gasteiger partial charge in [0, 0.05) is 46.3 Å². The van der Waals surface area contributed by atoms with Crippen molar-refractivity contribution < 1.29 is 0 Å². The van der Waals surface area contributed by atoms with Crippen LogP contribution in [0.4, 0.5) is 0 Å². The minimum absolute atomic E-state index is 0.0566. The van der Waals surface area contributed by atoms with Crippen molar-refractivity contribution in [1.29, 1.82) is 0 Å². The number of nitrogens with zero attached hydrogens (tertiary/aromatic N) is 4. The van der Waals surface area contributed by atoms with Gasteiger partial charge in [0.15, 0.2) is 10.1 Å². The number of hydrogen-bond acceptors (Lipinski definition) is 8. The van der Waals surface area contributed by atoms with Crippen LogP contribution in [-0.2, 0) is 12.8 Å². The monoisotopic (exact) mass is 444 g/mol. The van der Waals surface area contributed by atoms with Crippen molar-refractivity contribution in [2.45, 2.75) is 10.9 Å². The molecule has 5 heterocycles. The first-order valence-corrected chi connectivity index (χ1v) is 11.8. The molecule has 5 aromatic heterocycles. The molecule has 140 valence electrons. The molecular formula is C18H12N4O2S4. The van der Waals surface area contributed by atoms with Gasteiger partial charge in [0.05, 0.1) is 11.1 Å². The van der Waals surface area contributed by atoms with Gasteiger partial charge in [-0.15, -0.1) is 34.0 Å². The van der Waals surface area contributed by atoms with Crippen LogP contribution >= 0.6 is 45.8 Å². The highest BCUT2D eigenvalue weighted by atomic mass is 32.2. The highest BCUT2D eigenvalue weighted by molar-refractivity contribution is 7.98. The molecule has 0 saturated carbocycles. The fraction of sp³-hybridized carbons (Fsp3) is 0.111. The number of thioether (sulfide) groups is 1. The van der Waals surface area contributed by atoms with E-state index in [4.69, 9.17) is 4.98 Å². The first kappa shape index (κ1) is 17.8. The molecule has 0 spiro atoms. The lowest BCUT2D eigenvalue weighted by molar-refractivity contribution is 0.728. The second-order valence-electron chi connectivity index (χ2n) is 6.00. The van der Waals surface area contributed by atoms with Crippen LogP contribution in [-0.4, -0.2) is 18.9 Å². The maximum absolute atomic E-state index is 13.0. The van der Waals surface area contributed by atoms with Gasteiger partial charge in [0.1, 0.15) is 4.83 Å². The number of thiophene rings is 2. The Morgan fingerprint density at radius 2 is 2.04 bits per heavy atom. The number of aromatic nitrogens is 4. The van der Waals surface area contributed by atoms with Gasteiger partial charge in [-0.05, 0) is 11.4 Å². The third kappa shape index (κ3) is 2.93. The molecule has 0 N–H and O–H groups in total. The molecule has 0 bridgehead atoms. The van der Waals surface area contributed by atoms with E-state index < -0.39 is 0 Å². The van der Waals surface area contributed by atoms with Gasteiger partial charge >= 0.3 is 0 Å². The summed E-state index contributed by atoms with van der Waals surface area (Å²) in [6.07, 6.45) is 1.72. The predicted molar refractivity (Wildman–Crippen MR) is 117 cm³/mol. The van der Waals surface area contributed by atoms with Crippen LogP contribution in [0.1, 0.15) is 5.69 Å². The first-order valence-electron chi connectivity index (χ1n) is 8.22. The van der Waals surface area contributed by atoms with E-state index in [1.165, 1.54) is 44.9 Å². The predicted octanol–water partition coefficient (Wildman–Crippen LogP) is 4.09. The van der Waals surface area contributed by atoms with Crippen molar-refractivity contribution in [1.82, 2.24) is 18.9 Å². The molecule has 28 heavy (non-hydrogen) atoms. The van der Waals surface area contributed by atoms with Gasteiger partial charge in [-0.1, -0.05) is 17.8 Å². The summed E-state index contributed by atoms with van der Waals surface area (Å²) in [5.74, 6) is 0.471. The lowest BCUT2D eigenvalue weighted by Crippen LogP contribution is -2.19. The van der Waals surface area contributed by atoms with E-state index >= 15 is 0 Å². The summed E-state index contributed by atoms with van der Waals surface area (Å²) in [6.45, 7) is 0. The van der Waals surface area contributed by atoms with E-state index in [1.54, 1.807) is 29.1 Å². The van der Waals surface area contributed by atoms with Gasteiger partial charge in [-0.2, -0.15) is 0 Å². The molecule has 0 atom stereocenters. The Bertz CT molecular complexity index is 1430. The highest BCUT2D eigenvalue weighted by Crippen LogP contribution is 2.34. The number of hydrogen-bond donors (Lipinski definition) is 0. The Kier molecular flexibility index (Phi) is 4.43. The van der Waals surface area contributed by atoms with E-state index in [2.05, 4.69) is 4.98 Å². The quantitative estimate of drug-likeness (QED) is 0.309. The lowest BCUT2D eigenvalue weighted by Gasteiger charge is -2.07. The topological polar surface area (TPSA) is 69.3 Å². The maximum Gasteiger partial charge on any atom is 0.263 e. The van der Waals surface area contributed by atoms with Crippen molar-refractivity contribution in [2.75, 3.05) is 0 Å². The second kappa shape index (κ2) is 6.96. The van der Waals surface area contributed by atoms with Crippen molar-refractivity contribution >= 4 is 60.9 Å². The van der Waals surface area contributed by atoms with Crippen LogP contribution in [0, 0.1) is 0 Å². The minimum atomic E-state index is -0.0991. The molecule has 0 aliphatic heterocycles. The van der Waals surface area contributed by atoms with Gasteiger partial charge in [-0.3, -0.25) is 18.6 Å². The van der Waals surface area contributed by atoms with Crippen LogP contribution in [0.15, 0.2) is 55.3 Å². The standard InChI is InChI=1S/C18H12N4O2S4/c1-21-16(24)14-11(12-3-2-5-25-12)9-27-15(14)20-17(21)28-8-10-7-13(23)22-4-6-26-18(22)19-10/h2-7,9H,8H2,1H3. The SMILES string of the molecule is Cn1c(SCc2cc(=O)n3ccsc3n2)nc2scc(-c3cccs3)c2c1=O. The number of fused-ring (bicyclic) bond motifs is 2. The van der Waals surface area contributed by atoms with Gasteiger partial charge in [0.2, 0.25) is 0 Å². The van der Waals surface area contributed by atoms with Gasteiger partial charge < -0.3 is 0 Å². The van der Waals surface area contributed by atoms with Crippen LogP contribution in [0.25, 0.3) is 25.6 Å². The highest BCUT2D eigenvalue weighted by Gasteiger charge is 2.16. The maximum atomic E-state index is 13.0. The molecule has 0 unspecified atom stereocenters. The van der Waals surface area contributed by atoms with Crippen molar-refractivity contribution in [3.05, 3.63) is 66.9 Å². The van der Waals surface area contributed by atoms with E-state index in [-0.39, 0.29) is 11.1 Å². The van der Waals surface area contributed by atoms with Crippen molar-refractivity contribution in [3.63, 3.8) is 0 Å². The Balaban J connectivity index is 1.51. The molecule has 0 saturated heterocycles. The Labute approximate surface area is 174 Å². The molecule has 6 nitrogen and oxygen atoms in total. The average Bonchev–Trinajstić information content (AvgIpc) is 3.43. The fourth-order valence-corrected chi connectivity index (χ4v) is 6.30. The number of thiazole rings is 1. The molecule has 10 heteroatoms. The molecule has 0 amide bonds. The summed E-state index contributed by atoms with van der Waals surface area (Å²) < 4.78 is 3.10. The zero-order chi connectivity index (χ0) is 19.3. The van der Waals surface area contributed by atoms with Gasteiger partial charge in [0.25, 0.3) is 11.1 Å². The molecule has 0 aliphatic carbocycles. The summed E-state index contributed by atoms with van der Waals surface area (Å²) in [5.41, 5.74) is 1.46. The van der Waals surface area contributed by atoms with E-state index in [9.17, 15) is 9.59 Å². The van der Waals surface area contributed by atoms with Crippen LogP contribution < -0.4 is 11.1 Å². The molecule has 0 fully saturated rings. The molecule has 0 aromatic carbocycles. The summed E-state index contributed by atoms with van der Waals surface area (Å²) in [5, 5.41) is 7.11. The molecule has 5 aromatic rings. The Hall–Kier alpha value is -2.27. The average molecular weight is 445 g/mol. The normalized spacial score (nSPS) is 11.6. The smallest absolute Gasteiger partial charge is 0.263 e. The summed E-state index contributed by atoms with van der Waals surface area (Å²) >= 11 is 5.92. The summed E-state index contributed by atoms with van der Waals surface area (Å²) in [6, 6.07) is 5.52. The van der Waals surface area contributed by atoms with Crippen LogP contribution in [0.3, 0.4) is 0 Å². The first-order chi connectivity index (χ1) is 13.6. The summed E-state index contributed by atoms with van der Waals surface area (Å²) in [4.78, 5) is 36.8. The second-order valence-corrected chi connectivity index (χ2v) is 9.62. The molecular weight excluding hydrogens is 432 g/mol. The Morgan fingerprint density at radius 3 is 2.86 bits per heavy atom. The molecule has 5 rings (SSSR count). The Morgan fingerprint density at radius 1 is 1.14 bits per heavy atom. The summed E-state index contributed by atoms with van der Waals surface area (Å²) in [7, 11) is 1.73. The van der Waals surface area contributed by atoms with Crippen molar-refractivity contribution in [3.8, 4) is 10.4 Å². The zero-order valence-corrected chi connectivity index (χ0v) is 17.8. The number of rotatable bonds is 4. The zero-order valence-electron chi connectivity index (χ0n) is 14.5. The lowest BCUT2D eigenvalue weighted by atomic mass is 10.2.